The van der Waals surface area contributed by atoms with Gasteiger partial charge in [-0.2, -0.15) is 0 Å². The first-order chi connectivity index (χ1) is 11.4. The van der Waals surface area contributed by atoms with E-state index in [-0.39, 0.29) is 5.79 Å². The molecule has 1 aliphatic heterocycles. The minimum atomic E-state index is -0.348. The van der Waals surface area contributed by atoms with Gasteiger partial charge in [0.25, 0.3) is 0 Å². The number of rotatable bonds is 2. The van der Waals surface area contributed by atoms with E-state index in [9.17, 15) is 0 Å². The smallest absolute Gasteiger partial charge is 0.176 e. The van der Waals surface area contributed by atoms with Crippen molar-refractivity contribution in [2.24, 2.45) is 5.92 Å². The molecule has 124 valence electrons. The van der Waals surface area contributed by atoms with Crippen LogP contribution < -0.4 is 0 Å². The molecule has 1 saturated carbocycles. The largest absolute Gasteiger partial charge is 0.347 e. The highest BCUT2D eigenvalue weighted by molar-refractivity contribution is 8.00. The molecule has 1 aromatic rings. The highest BCUT2D eigenvalue weighted by Gasteiger charge is 2.51. The maximum absolute atomic E-state index is 6.28. The van der Waals surface area contributed by atoms with Gasteiger partial charge in [0.1, 0.15) is 0 Å². The van der Waals surface area contributed by atoms with Crippen LogP contribution in [0.15, 0.2) is 46.9 Å². The molecule has 4 rings (SSSR count). The van der Waals surface area contributed by atoms with E-state index in [2.05, 4.69) is 36.4 Å². The molecule has 2 atom stereocenters. The van der Waals surface area contributed by atoms with Gasteiger partial charge in [0.05, 0.1) is 13.2 Å². The summed E-state index contributed by atoms with van der Waals surface area (Å²) in [6.45, 7) is 1.51. The Balaban J connectivity index is 1.63. The van der Waals surface area contributed by atoms with Crippen molar-refractivity contribution in [3.05, 3.63) is 42.0 Å². The Morgan fingerprint density at radius 2 is 1.83 bits per heavy atom. The third-order valence-corrected chi connectivity index (χ3v) is 6.76. The first kappa shape index (κ1) is 15.7. The van der Waals surface area contributed by atoms with E-state index in [0.717, 1.165) is 19.6 Å². The van der Waals surface area contributed by atoms with Crippen molar-refractivity contribution < 1.29 is 9.47 Å². The lowest BCUT2D eigenvalue weighted by Crippen LogP contribution is -2.43. The second kappa shape index (κ2) is 7.00. The highest BCUT2D eigenvalue weighted by Crippen LogP contribution is 2.51. The SMILES string of the molecule is C1=C2/CC[C@H](Sc3ccccc3)C2C2(CCCCC/1)OCCO2. The Labute approximate surface area is 143 Å². The normalized spacial score (nSPS) is 32.6. The maximum Gasteiger partial charge on any atom is 0.176 e. The van der Waals surface area contributed by atoms with Crippen LogP contribution >= 0.6 is 11.8 Å². The molecule has 0 aromatic heterocycles. The molecule has 1 saturated heterocycles. The minimum Gasteiger partial charge on any atom is -0.347 e. The number of fused-ring (bicyclic) bond motifs is 2. The van der Waals surface area contributed by atoms with Crippen LogP contribution in [0.5, 0.6) is 0 Å². The minimum absolute atomic E-state index is 0.348. The van der Waals surface area contributed by atoms with Crippen molar-refractivity contribution in [2.75, 3.05) is 13.2 Å². The Morgan fingerprint density at radius 3 is 2.65 bits per heavy atom. The van der Waals surface area contributed by atoms with Crippen molar-refractivity contribution in [3.63, 3.8) is 0 Å². The second-order valence-electron chi connectivity index (χ2n) is 6.87. The number of hydrogen-bond donors (Lipinski definition) is 0. The van der Waals surface area contributed by atoms with Gasteiger partial charge >= 0.3 is 0 Å². The first-order valence-electron chi connectivity index (χ1n) is 9.06. The summed E-state index contributed by atoms with van der Waals surface area (Å²) >= 11 is 2.02. The van der Waals surface area contributed by atoms with E-state index in [0.29, 0.717) is 11.2 Å². The maximum atomic E-state index is 6.28. The molecule has 1 heterocycles. The van der Waals surface area contributed by atoms with Crippen LogP contribution in [0, 0.1) is 5.92 Å². The van der Waals surface area contributed by atoms with Crippen molar-refractivity contribution in [3.8, 4) is 0 Å². The van der Waals surface area contributed by atoms with Crippen molar-refractivity contribution in [1.29, 1.82) is 0 Å². The van der Waals surface area contributed by atoms with E-state index < -0.39 is 0 Å². The molecule has 2 fully saturated rings. The van der Waals surface area contributed by atoms with Crippen LogP contribution in [0.25, 0.3) is 0 Å². The zero-order valence-corrected chi connectivity index (χ0v) is 14.5. The van der Waals surface area contributed by atoms with Crippen LogP contribution in [0.2, 0.25) is 0 Å². The van der Waals surface area contributed by atoms with E-state index in [1.165, 1.54) is 43.4 Å². The summed E-state index contributed by atoms with van der Waals surface area (Å²) in [4.78, 5) is 1.37. The molecule has 1 aromatic carbocycles. The Kier molecular flexibility index (Phi) is 4.79. The number of hydrogen-bond acceptors (Lipinski definition) is 3. The highest BCUT2D eigenvalue weighted by atomic mass is 32.2. The molecular weight excluding hydrogens is 304 g/mol. The molecule has 2 nitrogen and oxygen atoms in total. The molecule has 1 spiro atoms. The average Bonchev–Trinajstić information content (AvgIpc) is 3.20. The fourth-order valence-corrected chi connectivity index (χ4v) is 5.81. The van der Waals surface area contributed by atoms with Gasteiger partial charge in [-0.3, -0.25) is 0 Å². The van der Waals surface area contributed by atoms with Crippen LogP contribution in [-0.4, -0.2) is 24.3 Å². The van der Waals surface area contributed by atoms with Gasteiger partial charge in [-0.05, 0) is 44.2 Å². The molecule has 0 amide bonds. The van der Waals surface area contributed by atoms with E-state index in [1.807, 2.05) is 11.8 Å². The first-order valence-corrected chi connectivity index (χ1v) is 9.94. The van der Waals surface area contributed by atoms with Crippen LogP contribution in [-0.2, 0) is 9.47 Å². The predicted molar refractivity (Wildman–Crippen MR) is 94.6 cm³/mol. The van der Waals surface area contributed by atoms with Gasteiger partial charge in [0.15, 0.2) is 5.79 Å². The number of ether oxygens (including phenoxy) is 2. The van der Waals surface area contributed by atoms with Crippen LogP contribution in [0.1, 0.15) is 44.9 Å². The lowest BCUT2D eigenvalue weighted by Gasteiger charge is -2.37. The summed E-state index contributed by atoms with van der Waals surface area (Å²) in [5, 5.41) is 0.569. The zero-order valence-electron chi connectivity index (χ0n) is 13.7. The third-order valence-electron chi connectivity index (χ3n) is 5.41. The van der Waals surface area contributed by atoms with Gasteiger partial charge in [-0.15, -0.1) is 11.8 Å². The van der Waals surface area contributed by atoms with Gasteiger partial charge in [-0.1, -0.05) is 36.3 Å². The van der Waals surface area contributed by atoms with Crippen LogP contribution in [0.3, 0.4) is 0 Å². The standard InChI is InChI=1S/C20H26O2S/c1-2-7-13-20(21-14-15-22-20)19-16(8-4-1)11-12-18(19)23-17-9-5-3-6-10-17/h3,5-6,8-10,18-19H,1-2,4,7,11-15H2/b16-8-/t18-,19?/m0/s1. The fraction of sp³-hybridized carbons (Fsp3) is 0.600. The Morgan fingerprint density at radius 1 is 1.00 bits per heavy atom. The van der Waals surface area contributed by atoms with Crippen molar-refractivity contribution >= 4 is 11.8 Å². The molecule has 0 radical (unpaired) electrons. The Hall–Kier alpha value is -0.770. The molecule has 0 N–H and O–H groups in total. The summed E-state index contributed by atoms with van der Waals surface area (Å²) in [5.41, 5.74) is 1.60. The monoisotopic (exact) mass is 330 g/mol. The third kappa shape index (κ3) is 3.24. The molecule has 23 heavy (non-hydrogen) atoms. The molecule has 3 heteroatoms. The summed E-state index contributed by atoms with van der Waals surface area (Å²) in [7, 11) is 0. The van der Waals surface area contributed by atoms with Gasteiger partial charge in [-0.25, -0.2) is 0 Å². The quantitative estimate of drug-likeness (QED) is 0.695. The number of allylic oxidation sites excluding steroid dienone is 1. The van der Waals surface area contributed by atoms with Gasteiger partial charge in [0.2, 0.25) is 0 Å². The topological polar surface area (TPSA) is 18.5 Å². The summed E-state index contributed by atoms with van der Waals surface area (Å²) in [5.74, 6) is 0.0763. The molecular formula is C20H26O2S. The molecule has 2 aliphatic carbocycles. The molecule has 3 aliphatic rings. The summed E-state index contributed by atoms with van der Waals surface area (Å²) in [6.07, 6.45) is 11.1. The Bertz CT molecular complexity index is 548. The van der Waals surface area contributed by atoms with E-state index in [1.54, 1.807) is 5.57 Å². The van der Waals surface area contributed by atoms with Crippen molar-refractivity contribution in [2.45, 2.75) is 60.9 Å². The zero-order chi connectivity index (χ0) is 15.5. The van der Waals surface area contributed by atoms with Crippen LogP contribution in [0.4, 0.5) is 0 Å². The van der Waals surface area contributed by atoms with E-state index in [4.69, 9.17) is 9.47 Å². The lowest BCUT2D eigenvalue weighted by molar-refractivity contribution is -0.189. The van der Waals surface area contributed by atoms with Crippen molar-refractivity contribution in [1.82, 2.24) is 0 Å². The number of thioether (sulfide) groups is 1. The van der Waals surface area contributed by atoms with Gasteiger partial charge < -0.3 is 9.47 Å². The fourth-order valence-electron chi connectivity index (χ4n) is 4.40. The summed E-state index contributed by atoms with van der Waals surface area (Å²) in [6, 6.07) is 10.8. The lowest BCUT2D eigenvalue weighted by atomic mass is 9.89. The molecule has 1 unspecified atom stereocenters. The summed E-state index contributed by atoms with van der Waals surface area (Å²) < 4.78 is 12.6. The second-order valence-corrected chi connectivity index (χ2v) is 8.19. The van der Waals surface area contributed by atoms with E-state index >= 15 is 0 Å². The van der Waals surface area contributed by atoms with Gasteiger partial charge in [0, 0.05) is 22.5 Å². The number of benzene rings is 1. The molecule has 0 bridgehead atoms. The average molecular weight is 330 g/mol. The predicted octanol–water partition coefficient (Wildman–Crippen LogP) is 5.19.